The average Bonchev–Trinajstić information content (AvgIpc) is 2.47. The topological polar surface area (TPSA) is 40.9 Å². The minimum Gasteiger partial charge on any atom is -0.254 e. The van der Waals surface area contributed by atoms with Crippen molar-refractivity contribution < 1.29 is 13.0 Å². The van der Waals surface area contributed by atoms with E-state index in [1.165, 1.54) is 0 Å². The maximum absolute atomic E-state index is 13.7. The van der Waals surface area contributed by atoms with E-state index in [4.69, 9.17) is 5.26 Å². The summed E-state index contributed by atoms with van der Waals surface area (Å²) in [4.78, 5) is -0.214. The summed E-state index contributed by atoms with van der Waals surface area (Å²) in [5.41, 5.74) is 0.663. The predicted molar refractivity (Wildman–Crippen MR) is 72.2 cm³/mol. The van der Waals surface area contributed by atoms with Crippen LogP contribution in [0.5, 0.6) is 0 Å². The standard InChI is InChI=1S/C15H11F2NOS/c16-12-6-7-13(17)15(10-12)20(19)14(8-9-18)11-4-2-1-3-5-11/h1-7,10,14H,8H2. The summed E-state index contributed by atoms with van der Waals surface area (Å²) in [6, 6.07) is 13.5. The molecule has 20 heavy (non-hydrogen) atoms. The van der Waals surface area contributed by atoms with Gasteiger partial charge in [-0.25, -0.2) is 8.78 Å². The molecule has 0 amide bonds. The van der Waals surface area contributed by atoms with Gasteiger partial charge >= 0.3 is 0 Å². The van der Waals surface area contributed by atoms with Crippen LogP contribution in [-0.4, -0.2) is 4.21 Å². The molecular formula is C15H11F2NOS. The molecule has 2 aromatic rings. The van der Waals surface area contributed by atoms with Gasteiger partial charge in [-0.1, -0.05) is 30.3 Å². The molecule has 2 unspecified atom stereocenters. The second-order valence-electron chi connectivity index (χ2n) is 4.13. The highest BCUT2D eigenvalue weighted by molar-refractivity contribution is 7.85. The lowest BCUT2D eigenvalue weighted by Gasteiger charge is -2.14. The zero-order valence-corrected chi connectivity index (χ0v) is 11.2. The van der Waals surface area contributed by atoms with E-state index in [2.05, 4.69) is 0 Å². The fourth-order valence-electron chi connectivity index (χ4n) is 1.85. The van der Waals surface area contributed by atoms with E-state index in [0.29, 0.717) is 5.56 Å². The zero-order chi connectivity index (χ0) is 14.5. The first-order valence-corrected chi connectivity index (χ1v) is 7.12. The van der Waals surface area contributed by atoms with Gasteiger partial charge in [0.15, 0.2) is 0 Å². The van der Waals surface area contributed by atoms with Gasteiger partial charge in [0.1, 0.15) is 11.6 Å². The predicted octanol–water partition coefficient (Wildman–Crippen LogP) is 3.73. The minimum absolute atomic E-state index is 0.0351. The Morgan fingerprint density at radius 2 is 1.85 bits per heavy atom. The summed E-state index contributed by atoms with van der Waals surface area (Å²) in [5.74, 6) is -1.39. The summed E-state index contributed by atoms with van der Waals surface area (Å²) in [6.45, 7) is 0. The first kappa shape index (κ1) is 14.4. The molecule has 0 N–H and O–H groups in total. The SMILES string of the molecule is N#CCC(c1ccccc1)S(=O)c1cc(F)ccc1F. The molecule has 0 saturated carbocycles. The van der Waals surface area contributed by atoms with Gasteiger partial charge in [0.2, 0.25) is 0 Å². The lowest BCUT2D eigenvalue weighted by atomic mass is 10.1. The zero-order valence-electron chi connectivity index (χ0n) is 10.4. The molecule has 0 fully saturated rings. The molecule has 0 aromatic heterocycles. The molecule has 0 radical (unpaired) electrons. The number of nitriles is 1. The van der Waals surface area contributed by atoms with Crippen LogP contribution in [0.4, 0.5) is 8.78 Å². The Bertz CT molecular complexity index is 667. The molecule has 0 aliphatic rings. The Hall–Kier alpha value is -2.06. The van der Waals surface area contributed by atoms with Crippen LogP contribution in [0.2, 0.25) is 0 Å². The van der Waals surface area contributed by atoms with E-state index in [-0.39, 0.29) is 11.3 Å². The summed E-state index contributed by atoms with van der Waals surface area (Å²) in [6.07, 6.45) is -0.0351. The van der Waals surface area contributed by atoms with Gasteiger partial charge in [-0.2, -0.15) is 5.26 Å². The third-order valence-electron chi connectivity index (χ3n) is 2.82. The second kappa shape index (κ2) is 6.40. The van der Waals surface area contributed by atoms with Crippen LogP contribution in [-0.2, 0) is 10.8 Å². The van der Waals surface area contributed by atoms with Crippen LogP contribution >= 0.6 is 0 Å². The molecule has 2 atom stereocenters. The van der Waals surface area contributed by atoms with Gasteiger partial charge < -0.3 is 0 Å². The van der Waals surface area contributed by atoms with Crippen molar-refractivity contribution in [2.45, 2.75) is 16.6 Å². The highest BCUT2D eigenvalue weighted by Crippen LogP contribution is 2.29. The van der Waals surface area contributed by atoms with Crippen LogP contribution in [0.3, 0.4) is 0 Å². The van der Waals surface area contributed by atoms with Crippen molar-refractivity contribution in [2.24, 2.45) is 0 Å². The third-order valence-corrected chi connectivity index (χ3v) is 4.52. The van der Waals surface area contributed by atoms with E-state index in [1.807, 2.05) is 6.07 Å². The van der Waals surface area contributed by atoms with E-state index in [1.54, 1.807) is 30.3 Å². The van der Waals surface area contributed by atoms with Gasteiger partial charge in [0.25, 0.3) is 0 Å². The second-order valence-corrected chi connectivity index (χ2v) is 5.74. The smallest absolute Gasteiger partial charge is 0.139 e. The summed E-state index contributed by atoms with van der Waals surface area (Å²) >= 11 is 0. The highest BCUT2D eigenvalue weighted by Gasteiger charge is 2.23. The lowest BCUT2D eigenvalue weighted by Crippen LogP contribution is -2.08. The number of nitrogens with zero attached hydrogens (tertiary/aromatic N) is 1. The summed E-state index contributed by atoms with van der Waals surface area (Å²) < 4.78 is 39.3. The molecule has 0 aliphatic heterocycles. The van der Waals surface area contributed by atoms with Crippen molar-refractivity contribution in [1.29, 1.82) is 5.26 Å². The lowest BCUT2D eigenvalue weighted by molar-refractivity contribution is 0.570. The molecule has 2 rings (SSSR count). The number of hydrogen-bond acceptors (Lipinski definition) is 2. The van der Waals surface area contributed by atoms with Crippen molar-refractivity contribution in [3.05, 3.63) is 65.7 Å². The number of halogens is 2. The molecule has 0 heterocycles. The molecule has 2 aromatic carbocycles. The van der Waals surface area contributed by atoms with Crippen molar-refractivity contribution in [2.75, 3.05) is 0 Å². The maximum Gasteiger partial charge on any atom is 0.139 e. The highest BCUT2D eigenvalue weighted by atomic mass is 32.2. The van der Waals surface area contributed by atoms with Crippen molar-refractivity contribution in [3.8, 4) is 6.07 Å². The minimum atomic E-state index is -1.83. The van der Waals surface area contributed by atoms with Gasteiger partial charge in [-0.3, -0.25) is 4.21 Å². The molecule has 102 valence electrons. The van der Waals surface area contributed by atoms with Crippen LogP contribution < -0.4 is 0 Å². The maximum atomic E-state index is 13.7. The fraction of sp³-hybridized carbons (Fsp3) is 0.133. The molecule has 0 bridgehead atoms. The molecule has 0 aliphatic carbocycles. The first-order valence-electron chi connectivity index (χ1n) is 5.91. The summed E-state index contributed by atoms with van der Waals surface area (Å²) in [7, 11) is -1.83. The van der Waals surface area contributed by atoms with E-state index in [9.17, 15) is 13.0 Å². The average molecular weight is 291 g/mol. The quantitative estimate of drug-likeness (QED) is 0.861. The number of benzene rings is 2. The van der Waals surface area contributed by atoms with Crippen LogP contribution in [0.1, 0.15) is 17.2 Å². The van der Waals surface area contributed by atoms with Gasteiger partial charge in [0, 0.05) is 0 Å². The third kappa shape index (κ3) is 3.09. The molecule has 5 heteroatoms. The first-order chi connectivity index (χ1) is 9.63. The van der Waals surface area contributed by atoms with Gasteiger partial charge in [0.05, 0.1) is 33.4 Å². The number of hydrogen-bond donors (Lipinski definition) is 0. The van der Waals surface area contributed by atoms with Crippen LogP contribution in [0.25, 0.3) is 0 Å². The Morgan fingerprint density at radius 3 is 2.50 bits per heavy atom. The number of rotatable bonds is 4. The molecule has 0 spiro atoms. The van der Waals surface area contributed by atoms with Crippen molar-refractivity contribution in [1.82, 2.24) is 0 Å². The summed E-state index contributed by atoms with van der Waals surface area (Å²) in [5, 5.41) is 8.18. The van der Waals surface area contributed by atoms with Crippen molar-refractivity contribution in [3.63, 3.8) is 0 Å². The van der Waals surface area contributed by atoms with Crippen molar-refractivity contribution >= 4 is 10.8 Å². The van der Waals surface area contributed by atoms with E-state index >= 15 is 0 Å². The Labute approximate surface area is 118 Å². The fourth-order valence-corrected chi connectivity index (χ4v) is 3.28. The largest absolute Gasteiger partial charge is 0.254 e. The molecule has 0 saturated heterocycles. The Morgan fingerprint density at radius 1 is 1.15 bits per heavy atom. The van der Waals surface area contributed by atoms with Gasteiger partial charge in [-0.05, 0) is 23.8 Å². The van der Waals surface area contributed by atoms with Gasteiger partial charge in [-0.15, -0.1) is 0 Å². The van der Waals surface area contributed by atoms with Crippen LogP contribution in [0, 0.1) is 23.0 Å². The van der Waals surface area contributed by atoms with E-state index in [0.717, 1.165) is 18.2 Å². The van der Waals surface area contributed by atoms with Crippen LogP contribution in [0.15, 0.2) is 53.4 Å². The normalized spacial score (nSPS) is 13.4. The Balaban J connectivity index is 2.42. The molecular weight excluding hydrogens is 280 g/mol. The monoisotopic (exact) mass is 291 g/mol. The molecule has 2 nitrogen and oxygen atoms in total. The van der Waals surface area contributed by atoms with E-state index < -0.39 is 27.7 Å². The Kier molecular flexibility index (Phi) is 4.59.